The molecule has 0 bridgehead atoms. The summed E-state index contributed by atoms with van der Waals surface area (Å²) in [6.07, 6.45) is -6.42. The smallest absolute Gasteiger partial charge is 0.416 e. The third kappa shape index (κ3) is 5.45. The number of likely N-dealkylation sites (tertiary alicyclic amines) is 1. The maximum atomic E-state index is 12.9. The number of carbonyl (C=O) groups excluding carboxylic acids is 1. The van der Waals surface area contributed by atoms with Crippen molar-refractivity contribution in [1.82, 2.24) is 4.90 Å². The van der Waals surface area contributed by atoms with Crippen LogP contribution >= 0.6 is 0 Å². The third-order valence-corrected chi connectivity index (χ3v) is 3.85. The fourth-order valence-electron chi connectivity index (χ4n) is 2.64. The zero-order valence-corrected chi connectivity index (χ0v) is 15.7. The lowest BCUT2D eigenvalue weighted by Crippen LogP contribution is -2.36. The summed E-state index contributed by atoms with van der Waals surface area (Å²) in [6.45, 7) is 5.03. The number of rotatable bonds is 4. The summed E-state index contributed by atoms with van der Waals surface area (Å²) in [5, 5.41) is 22.5. The van der Waals surface area contributed by atoms with Gasteiger partial charge in [0, 0.05) is 25.1 Å². The van der Waals surface area contributed by atoms with Gasteiger partial charge in [0.2, 0.25) is 0 Å². The minimum absolute atomic E-state index is 0.0930. The fraction of sp³-hybridized carbons (Fsp3) is 0.562. The van der Waals surface area contributed by atoms with Crippen LogP contribution in [-0.2, 0) is 10.9 Å². The Morgan fingerprint density at radius 3 is 2.07 bits per heavy atom. The van der Waals surface area contributed by atoms with E-state index in [0.29, 0.717) is 0 Å². The number of nitrogens with zero attached hydrogens (tertiary/aromatic N) is 3. The molecule has 0 aliphatic carbocycles. The van der Waals surface area contributed by atoms with Gasteiger partial charge in [0.15, 0.2) is 0 Å². The molecule has 1 aromatic carbocycles. The molecular weight excluding hydrogens is 403 g/mol. The number of benzene rings is 1. The first-order valence-corrected chi connectivity index (χ1v) is 8.37. The Labute approximate surface area is 162 Å². The van der Waals surface area contributed by atoms with Gasteiger partial charge in [0.05, 0.1) is 22.0 Å². The van der Waals surface area contributed by atoms with Crippen molar-refractivity contribution in [2.45, 2.75) is 45.1 Å². The largest absolute Gasteiger partial charge is 0.477 e. The summed E-state index contributed by atoms with van der Waals surface area (Å²) in [6, 6.07) is 0.367. The van der Waals surface area contributed by atoms with Crippen molar-refractivity contribution in [1.29, 1.82) is 0 Å². The van der Waals surface area contributed by atoms with Gasteiger partial charge in [-0.1, -0.05) is 0 Å². The number of alkyl halides is 3. The topological polar surface area (TPSA) is 125 Å². The molecule has 1 atom stereocenters. The van der Waals surface area contributed by atoms with E-state index in [1.54, 1.807) is 20.8 Å². The highest BCUT2D eigenvalue weighted by Crippen LogP contribution is 2.43. The lowest BCUT2D eigenvalue weighted by molar-refractivity contribution is -0.396. The average molecular weight is 421 g/mol. The molecule has 0 spiro atoms. The molecule has 160 valence electrons. The molecule has 0 aromatic heterocycles. The Kier molecular flexibility index (Phi) is 5.90. The highest BCUT2D eigenvalue weighted by atomic mass is 19.4. The lowest BCUT2D eigenvalue weighted by atomic mass is 10.1. The lowest BCUT2D eigenvalue weighted by Gasteiger charge is -2.24. The van der Waals surface area contributed by atoms with Gasteiger partial charge >= 0.3 is 23.6 Å². The molecule has 29 heavy (non-hydrogen) atoms. The summed E-state index contributed by atoms with van der Waals surface area (Å²) in [5.41, 5.74) is -4.66. The summed E-state index contributed by atoms with van der Waals surface area (Å²) >= 11 is 0. The monoisotopic (exact) mass is 421 g/mol. The van der Waals surface area contributed by atoms with Crippen molar-refractivity contribution in [2.75, 3.05) is 13.1 Å². The first-order valence-electron chi connectivity index (χ1n) is 8.37. The van der Waals surface area contributed by atoms with Crippen molar-refractivity contribution < 1.29 is 37.3 Å². The Morgan fingerprint density at radius 2 is 1.66 bits per heavy atom. The molecule has 1 fully saturated rings. The summed E-state index contributed by atoms with van der Waals surface area (Å²) < 4.78 is 49.4. The Balaban J connectivity index is 2.32. The number of hydrogen-bond donors (Lipinski definition) is 0. The molecule has 0 saturated carbocycles. The van der Waals surface area contributed by atoms with Crippen LogP contribution in [0.5, 0.6) is 5.75 Å². The minimum Gasteiger partial charge on any atom is -0.477 e. The SMILES string of the molecule is CC(C)(C)OC(=O)N1CC[C@@H](Oc2c([N+](=O)[O-])cc(C(F)(F)F)cc2[N+](=O)[O-])C1. The van der Waals surface area contributed by atoms with E-state index in [2.05, 4.69) is 0 Å². The average Bonchev–Trinajstić information content (AvgIpc) is 3.00. The number of amides is 1. The van der Waals surface area contributed by atoms with Crippen LogP contribution in [0, 0.1) is 20.2 Å². The Hall–Kier alpha value is -3.12. The number of nitro groups is 2. The third-order valence-electron chi connectivity index (χ3n) is 3.85. The number of halogens is 3. The van der Waals surface area contributed by atoms with Gasteiger partial charge < -0.3 is 14.4 Å². The highest BCUT2D eigenvalue weighted by Gasteiger charge is 2.40. The maximum Gasteiger partial charge on any atom is 0.416 e. The normalized spacial score (nSPS) is 17.2. The quantitative estimate of drug-likeness (QED) is 0.533. The van der Waals surface area contributed by atoms with Crippen LogP contribution in [-0.4, -0.2) is 45.6 Å². The number of ether oxygens (including phenoxy) is 2. The van der Waals surface area contributed by atoms with Crippen LogP contribution in [0.25, 0.3) is 0 Å². The second-order valence-electron chi connectivity index (χ2n) is 7.31. The highest BCUT2D eigenvalue weighted by molar-refractivity contribution is 5.68. The van der Waals surface area contributed by atoms with E-state index in [1.807, 2.05) is 0 Å². The van der Waals surface area contributed by atoms with E-state index in [4.69, 9.17) is 9.47 Å². The van der Waals surface area contributed by atoms with E-state index in [-0.39, 0.29) is 31.6 Å². The molecule has 0 radical (unpaired) electrons. The van der Waals surface area contributed by atoms with Crippen LogP contribution in [0.4, 0.5) is 29.3 Å². The fourth-order valence-corrected chi connectivity index (χ4v) is 2.64. The molecule has 2 rings (SSSR count). The van der Waals surface area contributed by atoms with E-state index in [1.165, 1.54) is 4.90 Å². The van der Waals surface area contributed by atoms with Gasteiger partial charge in [-0.05, 0) is 20.8 Å². The summed E-state index contributed by atoms with van der Waals surface area (Å²) in [4.78, 5) is 33.4. The molecule has 1 heterocycles. The first kappa shape index (κ1) is 22.2. The van der Waals surface area contributed by atoms with Gasteiger partial charge in [0.25, 0.3) is 5.75 Å². The van der Waals surface area contributed by atoms with Gasteiger partial charge in [-0.3, -0.25) is 20.2 Å². The maximum absolute atomic E-state index is 12.9. The predicted octanol–water partition coefficient (Wildman–Crippen LogP) is 3.91. The van der Waals surface area contributed by atoms with Gasteiger partial charge in [-0.25, -0.2) is 4.79 Å². The molecular formula is C16H18F3N3O7. The summed E-state index contributed by atoms with van der Waals surface area (Å²) in [7, 11) is 0. The van der Waals surface area contributed by atoms with Crippen LogP contribution in [0.2, 0.25) is 0 Å². The second kappa shape index (κ2) is 7.72. The van der Waals surface area contributed by atoms with Crippen molar-refractivity contribution in [3.63, 3.8) is 0 Å². The number of nitro benzene ring substituents is 2. The Morgan fingerprint density at radius 1 is 1.14 bits per heavy atom. The van der Waals surface area contributed by atoms with E-state index in [9.17, 15) is 38.2 Å². The van der Waals surface area contributed by atoms with E-state index >= 15 is 0 Å². The first-order chi connectivity index (χ1) is 13.2. The molecule has 1 aliphatic heterocycles. The Bertz CT molecular complexity index is 801. The van der Waals surface area contributed by atoms with Crippen LogP contribution in [0.1, 0.15) is 32.8 Å². The molecule has 1 aromatic rings. The number of hydrogen-bond acceptors (Lipinski definition) is 7. The predicted molar refractivity (Wildman–Crippen MR) is 91.6 cm³/mol. The van der Waals surface area contributed by atoms with Crippen molar-refractivity contribution in [2.24, 2.45) is 0 Å². The van der Waals surface area contributed by atoms with E-state index in [0.717, 1.165) is 0 Å². The van der Waals surface area contributed by atoms with Gasteiger partial charge in [-0.15, -0.1) is 0 Å². The zero-order valence-electron chi connectivity index (χ0n) is 15.7. The van der Waals surface area contributed by atoms with E-state index < -0.39 is 56.5 Å². The molecule has 1 amide bonds. The standard InChI is InChI=1S/C16H18F3N3O7/c1-15(2,3)29-14(23)20-5-4-10(8-20)28-13-11(21(24)25)6-9(16(17,18)19)7-12(13)22(26)27/h6-7,10H,4-5,8H2,1-3H3/t10-/m1/s1. The van der Waals surface area contributed by atoms with Crippen LogP contribution in [0.3, 0.4) is 0 Å². The van der Waals surface area contributed by atoms with Crippen molar-refractivity contribution in [3.8, 4) is 5.75 Å². The molecule has 10 nitrogen and oxygen atoms in total. The van der Waals surface area contributed by atoms with Gasteiger partial charge in [-0.2, -0.15) is 13.2 Å². The van der Waals surface area contributed by atoms with Gasteiger partial charge in [0.1, 0.15) is 11.7 Å². The molecule has 1 saturated heterocycles. The molecule has 0 N–H and O–H groups in total. The number of carbonyl (C=O) groups is 1. The minimum atomic E-state index is -5.02. The summed E-state index contributed by atoms with van der Waals surface area (Å²) in [5.74, 6) is -0.885. The molecule has 1 aliphatic rings. The molecule has 0 unspecified atom stereocenters. The van der Waals surface area contributed by atoms with Crippen molar-refractivity contribution >= 4 is 17.5 Å². The van der Waals surface area contributed by atoms with Crippen molar-refractivity contribution in [3.05, 3.63) is 37.9 Å². The molecule has 13 heteroatoms. The zero-order chi connectivity index (χ0) is 22.1. The second-order valence-corrected chi connectivity index (χ2v) is 7.31. The van der Waals surface area contributed by atoms with Crippen LogP contribution < -0.4 is 4.74 Å². The van der Waals surface area contributed by atoms with Crippen LogP contribution in [0.15, 0.2) is 12.1 Å².